The number of nitrogens with zero attached hydrogens (tertiary/aromatic N) is 2. The summed E-state index contributed by atoms with van der Waals surface area (Å²) in [5.41, 5.74) is 3.63. The molecule has 4 aromatic rings. The summed E-state index contributed by atoms with van der Waals surface area (Å²) >= 11 is 0. The first-order valence-electron chi connectivity index (χ1n) is 10.9. The Labute approximate surface area is 199 Å². The van der Waals surface area contributed by atoms with Crippen molar-refractivity contribution in [2.24, 2.45) is 10.2 Å². The van der Waals surface area contributed by atoms with Crippen LogP contribution in [0.4, 0.5) is 0 Å². The highest BCUT2D eigenvalue weighted by Crippen LogP contribution is 2.33. The Morgan fingerprint density at radius 1 is 0.471 bits per heavy atom. The molecule has 0 aromatic heterocycles. The molecule has 6 heteroatoms. The van der Waals surface area contributed by atoms with Crippen LogP contribution in [0.5, 0.6) is 23.0 Å². The Morgan fingerprint density at radius 2 is 0.794 bits per heavy atom. The monoisotopic (exact) mass is 456 g/mol. The van der Waals surface area contributed by atoms with Crippen molar-refractivity contribution in [3.63, 3.8) is 0 Å². The molecule has 174 valence electrons. The third-order valence-electron chi connectivity index (χ3n) is 5.87. The fraction of sp³-hybridized carbons (Fsp3) is 0.214. The minimum atomic E-state index is 0.696. The van der Waals surface area contributed by atoms with Gasteiger partial charge in [0, 0.05) is 0 Å². The Morgan fingerprint density at radius 3 is 1.12 bits per heavy atom. The van der Waals surface area contributed by atoms with Gasteiger partial charge in [0.1, 0.15) is 0 Å². The molecule has 0 saturated carbocycles. The summed E-state index contributed by atoms with van der Waals surface area (Å²) in [6.07, 6.45) is 0. The van der Waals surface area contributed by atoms with Crippen molar-refractivity contribution >= 4 is 33.0 Å². The molecule has 0 unspecified atom stereocenters. The molecule has 34 heavy (non-hydrogen) atoms. The van der Waals surface area contributed by atoms with E-state index in [2.05, 4.69) is 22.3 Å². The fourth-order valence-electron chi connectivity index (χ4n) is 3.87. The predicted molar refractivity (Wildman–Crippen MR) is 139 cm³/mol. The normalized spacial score (nSPS) is 12.2. The van der Waals surface area contributed by atoms with E-state index in [1.165, 1.54) is 0 Å². The van der Waals surface area contributed by atoms with Gasteiger partial charge in [-0.3, -0.25) is 0 Å². The minimum Gasteiger partial charge on any atom is -0.493 e. The molecule has 4 rings (SSSR count). The zero-order valence-electron chi connectivity index (χ0n) is 20.3. The van der Waals surface area contributed by atoms with Crippen LogP contribution in [0.2, 0.25) is 0 Å². The lowest BCUT2D eigenvalue weighted by molar-refractivity contribution is 0.356. The van der Waals surface area contributed by atoms with Gasteiger partial charge in [0.15, 0.2) is 23.0 Å². The number of methoxy groups -OCH3 is 4. The van der Waals surface area contributed by atoms with Crippen LogP contribution in [-0.4, -0.2) is 39.9 Å². The highest BCUT2D eigenvalue weighted by molar-refractivity contribution is 6.05. The van der Waals surface area contributed by atoms with Crippen molar-refractivity contribution in [2.75, 3.05) is 28.4 Å². The van der Waals surface area contributed by atoms with Crippen LogP contribution in [-0.2, 0) is 0 Å². The van der Waals surface area contributed by atoms with E-state index < -0.39 is 0 Å². The lowest BCUT2D eigenvalue weighted by Gasteiger charge is -2.10. The standard InChI is InChI=1S/C28H28N2O4/c1-17(19-7-9-21-13-25(31-3)27(33-5)15-23(21)11-19)29-30-18(2)20-8-10-22-14-26(32-4)28(34-6)16-24(22)12-20/h7-16H,1-6H3/b29-17-,30-18+. The van der Waals surface area contributed by atoms with E-state index in [4.69, 9.17) is 18.9 Å². The number of hydrogen-bond acceptors (Lipinski definition) is 6. The van der Waals surface area contributed by atoms with Crippen molar-refractivity contribution in [3.8, 4) is 23.0 Å². The Hall–Kier alpha value is -4.06. The maximum absolute atomic E-state index is 5.44. The van der Waals surface area contributed by atoms with E-state index in [0.29, 0.717) is 23.0 Å². The van der Waals surface area contributed by atoms with Crippen LogP contribution in [0.3, 0.4) is 0 Å². The smallest absolute Gasteiger partial charge is 0.161 e. The second-order valence-electron chi connectivity index (χ2n) is 7.91. The van der Waals surface area contributed by atoms with Crippen LogP contribution >= 0.6 is 0 Å². The van der Waals surface area contributed by atoms with Gasteiger partial charge in [0.25, 0.3) is 0 Å². The molecule has 0 aliphatic carbocycles. The Balaban J connectivity index is 1.64. The summed E-state index contributed by atoms with van der Waals surface area (Å²) in [6.45, 7) is 3.91. The third kappa shape index (κ3) is 4.53. The highest BCUT2D eigenvalue weighted by Gasteiger charge is 2.09. The molecule has 0 N–H and O–H groups in total. The summed E-state index contributed by atoms with van der Waals surface area (Å²) in [5.74, 6) is 2.81. The van der Waals surface area contributed by atoms with Crippen molar-refractivity contribution in [1.82, 2.24) is 0 Å². The maximum Gasteiger partial charge on any atom is 0.161 e. The van der Waals surface area contributed by atoms with Gasteiger partial charge in [-0.2, -0.15) is 10.2 Å². The topological polar surface area (TPSA) is 61.6 Å². The molecule has 0 saturated heterocycles. The van der Waals surface area contributed by atoms with Crippen LogP contribution in [0, 0.1) is 0 Å². The largest absolute Gasteiger partial charge is 0.493 e. The first-order chi connectivity index (χ1) is 16.5. The molecule has 4 aromatic carbocycles. The van der Waals surface area contributed by atoms with Crippen LogP contribution in [0.15, 0.2) is 70.9 Å². The van der Waals surface area contributed by atoms with Crippen molar-refractivity contribution in [3.05, 3.63) is 71.8 Å². The summed E-state index contributed by atoms with van der Waals surface area (Å²) in [6, 6.07) is 20.2. The van der Waals surface area contributed by atoms with Gasteiger partial charge in [-0.1, -0.05) is 24.3 Å². The number of fused-ring (bicyclic) bond motifs is 2. The predicted octanol–water partition coefficient (Wildman–Crippen LogP) is 6.26. The van der Waals surface area contributed by atoms with E-state index >= 15 is 0 Å². The van der Waals surface area contributed by atoms with Crippen LogP contribution in [0.1, 0.15) is 25.0 Å². The summed E-state index contributed by atoms with van der Waals surface area (Å²) in [7, 11) is 6.55. The van der Waals surface area contributed by atoms with Crippen molar-refractivity contribution < 1.29 is 18.9 Å². The molecule has 0 heterocycles. The average Bonchev–Trinajstić information content (AvgIpc) is 2.88. The molecule has 0 amide bonds. The molecule has 0 aliphatic rings. The van der Waals surface area contributed by atoms with Crippen molar-refractivity contribution in [1.29, 1.82) is 0 Å². The zero-order chi connectivity index (χ0) is 24.2. The van der Waals surface area contributed by atoms with Crippen molar-refractivity contribution in [2.45, 2.75) is 13.8 Å². The number of hydrogen-bond donors (Lipinski definition) is 0. The SMILES string of the molecule is COc1cc2ccc(/C(C)=N\N=C(/C)c3ccc4cc(OC)c(OC)cc4c3)cc2cc1OC. The quantitative estimate of drug-likeness (QED) is 0.243. The van der Waals surface area contributed by atoms with Gasteiger partial charge in [-0.25, -0.2) is 0 Å². The van der Waals surface area contributed by atoms with E-state index in [9.17, 15) is 0 Å². The van der Waals surface area contributed by atoms with Gasteiger partial charge in [-0.15, -0.1) is 0 Å². The maximum atomic E-state index is 5.44. The van der Waals surface area contributed by atoms with E-state index in [0.717, 1.165) is 44.1 Å². The molecule has 0 spiro atoms. The summed E-state index contributed by atoms with van der Waals surface area (Å²) in [5, 5.41) is 13.2. The fourth-order valence-corrected chi connectivity index (χ4v) is 3.87. The number of benzene rings is 4. The Bertz CT molecular complexity index is 1310. The van der Waals surface area contributed by atoms with Gasteiger partial charge in [0.2, 0.25) is 0 Å². The summed E-state index contributed by atoms with van der Waals surface area (Å²) < 4.78 is 21.7. The van der Waals surface area contributed by atoms with E-state index in [1.807, 2.05) is 62.4 Å². The molecule has 0 fully saturated rings. The first-order valence-corrected chi connectivity index (χ1v) is 10.9. The lowest BCUT2D eigenvalue weighted by Crippen LogP contribution is -1.98. The van der Waals surface area contributed by atoms with Gasteiger partial charge < -0.3 is 18.9 Å². The molecule has 0 aliphatic heterocycles. The van der Waals surface area contributed by atoms with Crippen LogP contribution < -0.4 is 18.9 Å². The number of ether oxygens (including phenoxy) is 4. The molecule has 0 radical (unpaired) electrons. The van der Waals surface area contributed by atoms with Gasteiger partial charge in [-0.05, 0) is 82.9 Å². The summed E-state index contributed by atoms with van der Waals surface area (Å²) in [4.78, 5) is 0. The molecular weight excluding hydrogens is 428 g/mol. The molecule has 6 nitrogen and oxygen atoms in total. The van der Waals surface area contributed by atoms with E-state index in [-0.39, 0.29) is 0 Å². The second-order valence-corrected chi connectivity index (χ2v) is 7.91. The minimum absolute atomic E-state index is 0.696. The number of rotatable bonds is 7. The van der Waals surface area contributed by atoms with Crippen LogP contribution in [0.25, 0.3) is 21.5 Å². The third-order valence-corrected chi connectivity index (χ3v) is 5.87. The Kier molecular flexibility index (Phi) is 6.68. The van der Waals surface area contributed by atoms with E-state index in [1.54, 1.807) is 28.4 Å². The zero-order valence-corrected chi connectivity index (χ0v) is 20.3. The first kappa shape index (κ1) is 23.1. The molecule has 0 bridgehead atoms. The average molecular weight is 457 g/mol. The van der Waals surface area contributed by atoms with Gasteiger partial charge >= 0.3 is 0 Å². The molecule has 0 atom stereocenters. The lowest BCUT2D eigenvalue weighted by atomic mass is 10.0. The van der Waals surface area contributed by atoms with Gasteiger partial charge in [0.05, 0.1) is 39.9 Å². The second kappa shape index (κ2) is 9.83. The highest BCUT2D eigenvalue weighted by atomic mass is 16.5. The molecular formula is C28H28N2O4.